The molecule has 1 N–H and O–H groups in total. The van der Waals surface area contributed by atoms with Gasteiger partial charge >= 0.3 is 0 Å². The molecule has 0 saturated heterocycles. The van der Waals surface area contributed by atoms with Gasteiger partial charge in [0.1, 0.15) is 33.3 Å². The molecule has 2 aromatic rings. The maximum absolute atomic E-state index is 12.6. The number of aromatic hydroxyl groups is 1. The van der Waals surface area contributed by atoms with Crippen molar-refractivity contribution in [2.45, 2.75) is 23.6 Å². The molecule has 150 valence electrons. The van der Waals surface area contributed by atoms with Gasteiger partial charge in [0.2, 0.25) is 5.82 Å². The van der Waals surface area contributed by atoms with E-state index in [0.717, 1.165) is 11.1 Å². The lowest BCUT2D eigenvalue weighted by atomic mass is 10.1. The molecular formula is C16H15F5O4S2. The zero-order valence-electron chi connectivity index (χ0n) is 14.5. The molecule has 0 aromatic heterocycles. The van der Waals surface area contributed by atoms with Crippen LogP contribution >= 0.6 is 0 Å². The summed E-state index contributed by atoms with van der Waals surface area (Å²) in [6.07, 6.45) is 4.37. The Morgan fingerprint density at radius 3 is 1.48 bits per heavy atom. The second-order valence-electron chi connectivity index (χ2n) is 5.58. The Labute approximate surface area is 155 Å². The van der Waals surface area contributed by atoms with Crippen molar-refractivity contribution in [2.24, 2.45) is 0 Å². The minimum atomic E-state index is -5.77. The molecule has 11 heteroatoms. The molecular weight excluding hydrogens is 415 g/mol. The fraction of sp³-hybridized carbons (Fsp3) is 0.250. The van der Waals surface area contributed by atoms with Gasteiger partial charge in [0.15, 0.2) is 28.2 Å². The SMILES string of the molecule is Cc1cc([S+](C)C)cc(C)c1O.O=S(=O)([O-])c1c(F)c(F)c(F)c(F)c1F. The molecule has 0 unspecified atom stereocenters. The molecule has 0 amide bonds. The maximum Gasteiger partial charge on any atom is 0.200 e. The Kier molecular flexibility index (Phi) is 7.25. The van der Waals surface area contributed by atoms with Gasteiger partial charge in [-0.1, -0.05) is 0 Å². The van der Waals surface area contributed by atoms with Gasteiger partial charge in [0.25, 0.3) is 0 Å². The highest BCUT2D eigenvalue weighted by atomic mass is 32.2. The van der Waals surface area contributed by atoms with Crippen LogP contribution in [-0.4, -0.2) is 30.6 Å². The second kappa shape index (κ2) is 8.44. The first-order valence-electron chi connectivity index (χ1n) is 7.05. The van der Waals surface area contributed by atoms with Crippen molar-refractivity contribution < 1.29 is 40.0 Å². The maximum atomic E-state index is 12.6. The molecule has 2 aromatic carbocycles. The van der Waals surface area contributed by atoms with Gasteiger partial charge in [-0.15, -0.1) is 0 Å². The van der Waals surface area contributed by atoms with Gasteiger partial charge in [-0.25, -0.2) is 30.4 Å². The summed E-state index contributed by atoms with van der Waals surface area (Å²) in [7, 11) is -5.49. The first kappa shape index (κ1) is 23.2. The van der Waals surface area contributed by atoms with Gasteiger partial charge in [-0.2, -0.15) is 0 Å². The Morgan fingerprint density at radius 2 is 1.19 bits per heavy atom. The summed E-state index contributed by atoms with van der Waals surface area (Å²) >= 11 is 0. The Hall–Kier alpha value is -1.85. The second-order valence-corrected chi connectivity index (χ2v) is 9.00. The lowest BCUT2D eigenvalue weighted by molar-refractivity contribution is 0.350. The first-order chi connectivity index (χ1) is 12.2. The summed E-state index contributed by atoms with van der Waals surface area (Å²) < 4.78 is 92.9. The predicted molar refractivity (Wildman–Crippen MR) is 89.3 cm³/mol. The average Bonchev–Trinajstić information content (AvgIpc) is 2.55. The van der Waals surface area contributed by atoms with Crippen molar-refractivity contribution in [1.29, 1.82) is 0 Å². The minimum absolute atomic E-state index is 0.281. The smallest absolute Gasteiger partial charge is 0.200 e. The monoisotopic (exact) mass is 430 g/mol. The molecule has 0 bridgehead atoms. The van der Waals surface area contributed by atoms with E-state index >= 15 is 0 Å². The molecule has 0 atom stereocenters. The number of rotatable bonds is 2. The van der Waals surface area contributed by atoms with E-state index in [1.165, 1.54) is 4.90 Å². The molecule has 0 saturated carbocycles. The number of phenols is 1. The molecule has 0 heterocycles. The molecule has 0 spiro atoms. The number of halogens is 5. The van der Waals surface area contributed by atoms with E-state index in [-0.39, 0.29) is 10.9 Å². The summed E-state index contributed by atoms with van der Waals surface area (Å²) in [4.78, 5) is -1.05. The lowest BCUT2D eigenvalue weighted by Gasteiger charge is -2.10. The van der Waals surface area contributed by atoms with Crippen LogP contribution in [0.4, 0.5) is 22.0 Å². The van der Waals surface area contributed by atoms with Gasteiger partial charge in [0, 0.05) is 10.9 Å². The van der Waals surface area contributed by atoms with Crippen LogP contribution in [0.1, 0.15) is 11.1 Å². The van der Waals surface area contributed by atoms with Crippen molar-refractivity contribution in [2.75, 3.05) is 12.5 Å². The molecule has 0 fully saturated rings. The van der Waals surface area contributed by atoms with Gasteiger partial charge in [-0.05, 0) is 37.1 Å². The highest BCUT2D eigenvalue weighted by Gasteiger charge is 2.28. The summed E-state index contributed by atoms with van der Waals surface area (Å²) in [5.74, 6) is -12.4. The summed E-state index contributed by atoms with van der Waals surface area (Å²) in [6, 6.07) is 4.12. The van der Waals surface area contributed by atoms with Crippen molar-refractivity contribution >= 4 is 21.0 Å². The van der Waals surface area contributed by atoms with E-state index < -0.39 is 44.1 Å². The number of phenolic OH excluding ortho intramolecular Hbond substituents is 1. The quantitative estimate of drug-likeness (QED) is 0.260. The van der Waals surface area contributed by atoms with Crippen molar-refractivity contribution in [1.82, 2.24) is 0 Å². The zero-order chi connectivity index (χ0) is 21.3. The molecule has 0 aliphatic rings. The lowest BCUT2D eigenvalue weighted by Crippen LogP contribution is -2.12. The summed E-state index contributed by atoms with van der Waals surface area (Å²) in [5, 5.41) is 9.52. The number of benzene rings is 2. The predicted octanol–water partition coefficient (Wildman–Crippen LogP) is 3.53. The largest absolute Gasteiger partial charge is 0.744 e. The van der Waals surface area contributed by atoms with Crippen LogP contribution in [0.2, 0.25) is 0 Å². The third-order valence-electron chi connectivity index (χ3n) is 3.36. The van der Waals surface area contributed by atoms with Gasteiger partial charge < -0.3 is 9.66 Å². The Balaban J connectivity index is 0.000000277. The minimum Gasteiger partial charge on any atom is -0.744 e. The number of hydrogen-bond acceptors (Lipinski definition) is 4. The van der Waals surface area contributed by atoms with Crippen molar-refractivity contribution in [3.63, 3.8) is 0 Å². The Bertz CT molecular complexity index is 923. The molecule has 4 nitrogen and oxygen atoms in total. The van der Waals surface area contributed by atoms with Crippen molar-refractivity contribution in [3.8, 4) is 5.75 Å². The summed E-state index contributed by atoms with van der Waals surface area (Å²) in [5.41, 5.74) is 1.96. The van der Waals surface area contributed by atoms with Crippen molar-refractivity contribution in [3.05, 3.63) is 52.3 Å². The van der Waals surface area contributed by atoms with Gasteiger partial charge in [0.05, 0.1) is 0 Å². The average molecular weight is 430 g/mol. The van der Waals surface area contributed by atoms with Crippen LogP contribution in [0.5, 0.6) is 5.75 Å². The number of aryl methyl sites for hydroxylation is 2. The zero-order valence-corrected chi connectivity index (χ0v) is 16.2. The van der Waals surface area contributed by atoms with Crippen LogP contribution in [0.3, 0.4) is 0 Å². The van der Waals surface area contributed by atoms with E-state index in [2.05, 4.69) is 24.6 Å². The highest BCUT2D eigenvalue weighted by molar-refractivity contribution is 7.95. The summed E-state index contributed by atoms with van der Waals surface area (Å²) in [6.45, 7) is 3.89. The van der Waals surface area contributed by atoms with E-state index in [4.69, 9.17) is 0 Å². The van der Waals surface area contributed by atoms with E-state index in [1.54, 1.807) is 0 Å². The normalized spacial score (nSPS) is 11.4. The van der Waals surface area contributed by atoms with Crippen LogP contribution in [0.15, 0.2) is 21.9 Å². The standard InChI is InChI=1S/C10H14OS.C6HF5O3S/c1-7-5-9(12(3)4)6-8(2)10(7)11;7-1-2(8)4(10)6(15(12,13)14)5(11)3(1)9/h5-6H,1-4H3;(H,12,13,14). The van der Waals surface area contributed by atoms with E-state index in [9.17, 15) is 40.0 Å². The molecule has 0 radical (unpaired) electrons. The van der Waals surface area contributed by atoms with Gasteiger partial charge in [-0.3, -0.25) is 0 Å². The molecule has 0 aliphatic heterocycles. The van der Waals surface area contributed by atoms with E-state index in [1.807, 2.05) is 13.8 Å². The fourth-order valence-corrected chi connectivity index (χ4v) is 3.40. The Morgan fingerprint density at radius 1 is 0.852 bits per heavy atom. The van der Waals surface area contributed by atoms with E-state index in [0.29, 0.717) is 5.75 Å². The third-order valence-corrected chi connectivity index (χ3v) is 5.39. The highest BCUT2D eigenvalue weighted by Crippen LogP contribution is 2.26. The fourth-order valence-electron chi connectivity index (χ4n) is 1.96. The third kappa shape index (κ3) is 5.11. The molecule has 0 aliphatic carbocycles. The number of hydrogen-bond donors (Lipinski definition) is 1. The molecule has 27 heavy (non-hydrogen) atoms. The molecule has 2 rings (SSSR count). The topological polar surface area (TPSA) is 77.4 Å². The van der Waals surface area contributed by atoms with Crippen LogP contribution in [-0.2, 0) is 21.0 Å². The first-order valence-corrected chi connectivity index (χ1v) is 10.5. The van der Waals surface area contributed by atoms with Crippen LogP contribution in [0.25, 0.3) is 0 Å². The van der Waals surface area contributed by atoms with Crippen LogP contribution in [0, 0.1) is 42.9 Å². The van der Waals surface area contributed by atoms with Crippen LogP contribution < -0.4 is 0 Å².